The maximum Gasteiger partial charge on any atom is 0.324 e. The van der Waals surface area contributed by atoms with Crippen LogP contribution in [0.1, 0.15) is 40.0 Å². The Kier molecular flexibility index (Phi) is 9.95. The highest BCUT2D eigenvalue weighted by molar-refractivity contribution is 7.89. The Balaban J connectivity index is 2.67. The van der Waals surface area contributed by atoms with Crippen LogP contribution in [0.5, 0.6) is 5.75 Å². The lowest BCUT2D eigenvalue weighted by Crippen LogP contribution is -2.46. The van der Waals surface area contributed by atoms with Gasteiger partial charge in [0.2, 0.25) is 10.0 Å². The maximum absolute atomic E-state index is 12.6. The molecule has 0 aliphatic rings. The lowest BCUT2D eigenvalue weighted by Gasteiger charge is -2.20. The van der Waals surface area contributed by atoms with E-state index >= 15 is 0 Å². The van der Waals surface area contributed by atoms with Crippen molar-refractivity contribution in [3.63, 3.8) is 0 Å². The number of hydrogen-bond donors (Lipinski definition) is 2. The molecule has 1 atom stereocenters. The molecule has 1 aromatic rings. The van der Waals surface area contributed by atoms with Crippen molar-refractivity contribution in [3.05, 3.63) is 24.3 Å². The van der Waals surface area contributed by atoms with Crippen LogP contribution in [0.4, 0.5) is 0 Å². The molecule has 0 heterocycles. The van der Waals surface area contributed by atoms with Crippen molar-refractivity contribution in [1.29, 1.82) is 0 Å². The summed E-state index contributed by atoms with van der Waals surface area (Å²) in [7, 11) is -2.46. The molecule has 0 radical (unpaired) electrons. The molecule has 28 heavy (non-hydrogen) atoms. The number of benzene rings is 1. The minimum atomic E-state index is -3.94. The Morgan fingerprint density at radius 2 is 1.75 bits per heavy atom. The number of rotatable bonds is 12. The molecule has 1 amide bonds. The largest absolute Gasteiger partial charge is 0.497 e. The summed E-state index contributed by atoms with van der Waals surface area (Å²) in [5.74, 6) is -1.06. The van der Waals surface area contributed by atoms with Crippen molar-refractivity contribution < 1.29 is 27.5 Å². The molecule has 9 heteroatoms. The normalized spacial score (nSPS) is 12.5. The molecule has 0 aliphatic carbocycles. The van der Waals surface area contributed by atoms with Gasteiger partial charge in [0.25, 0.3) is 5.91 Å². The average Bonchev–Trinajstić information content (AvgIpc) is 2.67. The van der Waals surface area contributed by atoms with Crippen LogP contribution in [0, 0.1) is 5.92 Å². The van der Waals surface area contributed by atoms with Gasteiger partial charge in [-0.25, -0.2) is 8.42 Å². The summed E-state index contributed by atoms with van der Waals surface area (Å²) in [6.45, 7) is 5.50. The lowest BCUT2D eigenvalue weighted by molar-refractivity contribution is -0.151. The van der Waals surface area contributed by atoms with E-state index in [2.05, 4.69) is 17.0 Å². The van der Waals surface area contributed by atoms with Crippen LogP contribution in [0.3, 0.4) is 0 Å². The van der Waals surface area contributed by atoms with E-state index in [4.69, 9.17) is 9.47 Å². The Labute approximate surface area is 167 Å². The fraction of sp³-hybridized carbons (Fsp3) is 0.579. The predicted octanol–water partition coefficient (Wildman–Crippen LogP) is 1.85. The first-order valence-electron chi connectivity index (χ1n) is 9.31. The van der Waals surface area contributed by atoms with Crippen molar-refractivity contribution in [1.82, 2.24) is 10.0 Å². The molecule has 0 aliphatic heterocycles. The number of ether oxygens (including phenoxy) is 2. The number of carbonyl (C=O) groups is 2. The second-order valence-corrected chi connectivity index (χ2v) is 8.40. The van der Waals surface area contributed by atoms with E-state index in [-0.39, 0.29) is 10.8 Å². The van der Waals surface area contributed by atoms with Crippen LogP contribution in [0.25, 0.3) is 0 Å². The monoisotopic (exact) mass is 414 g/mol. The molecule has 0 saturated carbocycles. The summed E-state index contributed by atoms with van der Waals surface area (Å²) < 4.78 is 37.5. The van der Waals surface area contributed by atoms with Crippen molar-refractivity contribution >= 4 is 21.9 Å². The van der Waals surface area contributed by atoms with Gasteiger partial charge in [-0.3, -0.25) is 9.59 Å². The zero-order valence-corrected chi connectivity index (χ0v) is 17.7. The van der Waals surface area contributed by atoms with Gasteiger partial charge in [-0.05, 0) is 36.6 Å². The topological polar surface area (TPSA) is 111 Å². The number of amides is 1. The molecule has 0 spiro atoms. The Morgan fingerprint density at radius 1 is 1.11 bits per heavy atom. The summed E-state index contributed by atoms with van der Waals surface area (Å²) >= 11 is 0. The number of hydrogen-bond acceptors (Lipinski definition) is 6. The molecule has 2 N–H and O–H groups in total. The molecule has 1 aromatic carbocycles. The second-order valence-electron chi connectivity index (χ2n) is 6.68. The molecule has 8 nitrogen and oxygen atoms in total. The number of unbranched alkanes of at least 4 members (excludes halogenated alkanes) is 2. The molecule has 1 rings (SSSR count). The highest BCUT2D eigenvalue weighted by atomic mass is 32.2. The van der Waals surface area contributed by atoms with Crippen molar-refractivity contribution in [3.8, 4) is 5.75 Å². The summed E-state index contributed by atoms with van der Waals surface area (Å²) in [5, 5.41) is 2.66. The first-order valence-corrected chi connectivity index (χ1v) is 10.8. The minimum Gasteiger partial charge on any atom is -0.497 e. The van der Waals surface area contributed by atoms with E-state index < -0.39 is 34.5 Å². The van der Waals surface area contributed by atoms with Gasteiger partial charge in [0.05, 0.1) is 12.0 Å². The van der Waals surface area contributed by atoms with Crippen molar-refractivity contribution in [2.24, 2.45) is 5.92 Å². The quantitative estimate of drug-likeness (QED) is 0.399. The SMILES string of the molecule is CCCCCNC(=O)COC(=O)[C@@H](NS(=O)(=O)c1ccc(OC)cc1)C(C)C. The molecule has 0 unspecified atom stereocenters. The van der Waals surface area contributed by atoms with Crippen LogP contribution >= 0.6 is 0 Å². The molecular formula is C19H30N2O6S. The third kappa shape index (κ3) is 7.85. The third-order valence-corrected chi connectivity index (χ3v) is 5.48. The lowest BCUT2D eigenvalue weighted by atomic mass is 10.1. The second kappa shape index (κ2) is 11.7. The molecule has 0 saturated heterocycles. The highest BCUT2D eigenvalue weighted by Gasteiger charge is 2.30. The average molecular weight is 415 g/mol. The van der Waals surface area contributed by atoms with E-state index in [9.17, 15) is 18.0 Å². The first-order chi connectivity index (χ1) is 13.2. The number of nitrogens with one attached hydrogen (secondary N) is 2. The third-order valence-electron chi connectivity index (χ3n) is 4.02. The smallest absolute Gasteiger partial charge is 0.324 e. The molecule has 0 bridgehead atoms. The van der Waals surface area contributed by atoms with Crippen LogP contribution < -0.4 is 14.8 Å². The van der Waals surface area contributed by atoms with E-state index in [1.54, 1.807) is 13.8 Å². The van der Waals surface area contributed by atoms with Gasteiger partial charge in [-0.1, -0.05) is 33.6 Å². The van der Waals surface area contributed by atoms with Gasteiger partial charge in [0, 0.05) is 6.54 Å². The van der Waals surface area contributed by atoms with Gasteiger partial charge in [-0.2, -0.15) is 4.72 Å². The number of sulfonamides is 1. The standard InChI is InChI=1S/C19H30N2O6S/c1-5-6-7-12-20-17(22)13-27-19(23)18(14(2)3)21-28(24,25)16-10-8-15(26-4)9-11-16/h8-11,14,18,21H,5-7,12-13H2,1-4H3,(H,20,22)/t18-/m0/s1. The zero-order chi connectivity index (χ0) is 21.2. The Hall–Kier alpha value is -2.13. The van der Waals surface area contributed by atoms with E-state index in [0.29, 0.717) is 12.3 Å². The van der Waals surface area contributed by atoms with Crippen molar-refractivity contribution in [2.75, 3.05) is 20.3 Å². The Morgan fingerprint density at radius 3 is 2.29 bits per heavy atom. The van der Waals surface area contributed by atoms with Crippen LogP contribution in [0.15, 0.2) is 29.2 Å². The molecular weight excluding hydrogens is 384 g/mol. The van der Waals surface area contributed by atoms with Gasteiger partial charge in [0.15, 0.2) is 6.61 Å². The van der Waals surface area contributed by atoms with Gasteiger partial charge >= 0.3 is 5.97 Å². The zero-order valence-electron chi connectivity index (χ0n) is 16.9. The Bertz CT molecular complexity index is 731. The molecule has 0 aromatic heterocycles. The fourth-order valence-electron chi connectivity index (χ4n) is 2.33. The van der Waals surface area contributed by atoms with Gasteiger partial charge in [0.1, 0.15) is 11.8 Å². The predicted molar refractivity (Wildman–Crippen MR) is 105 cm³/mol. The van der Waals surface area contributed by atoms with E-state index in [1.165, 1.54) is 31.4 Å². The minimum absolute atomic E-state index is 0.000386. The number of esters is 1. The number of methoxy groups -OCH3 is 1. The summed E-state index contributed by atoms with van der Waals surface area (Å²) in [6, 6.07) is 4.68. The van der Waals surface area contributed by atoms with E-state index in [1.807, 2.05) is 0 Å². The number of carbonyl (C=O) groups excluding carboxylic acids is 2. The maximum atomic E-state index is 12.6. The van der Waals surface area contributed by atoms with Crippen molar-refractivity contribution in [2.45, 2.75) is 51.0 Å². The van der Waals surface area contributed by atoms with Crippen LogP contribution in [0.2, 0.25) is 0 Å². The molecule has 0 fully saturated rings. The summed E-state index contributed by atoms with van der Waals surface area (Å²) in [5.41, 5.74) is 0. The fourth-order valence-corrected chi connectivity index (χ4v) is 3.66. The van der Waals surface area contributed by atoms with Crippen LogP contribution in [-0.4, -0.2) is 46.6 Å². The van der Waals surface area contributed by atoms with E-state index in [0.717, 1.165) is 19.3 Å². The van der Waals surface area contributed by atoms with Gasteiger partial charge < -0.3 is 14.8 Å². The molecule has 158 valence electrons. The van der Waals surface area contributed by atoms with Gasteiger partial charge in [-0.15, -0.1) is 0 Å². The van der Waals surface area contributed by atoms with Crippen LogP contribution in [-0.2, 0) is 24.3 Å². The summed E-state index contributed by atoms with van der Waals surface area (Å²) in [6.07, 6.45) is 2.89. The summed E-state index contributed by atoms with van der Waals surface area (Å²) in [4.78, 5) is 24.1. The highest BCUT2D eigenvalue weighted by Crippen LogP contribution is 2.17. The first kappa shape index (κ1) is 23.9.